The normalized spacial score (nSPS) is 17.0. The van der Waals surface area contributed by atoms with Crippen molar-refractivity contribution in [3.63, 3.8) is 0 Å². The summed E-state index contributed by atoms with van der Waals surface area (Å²) in [6.07, 6.45) is 0.0813. The maximum absolute atomic E-state index is 12.0. The third-order valence-electron chi connectivity index (χ3n) is 3.45. The van der Waals surface area contributed by atoms with Gasteiger partial charge in [0.1, 0.15) is 5.70 Å². The Hall–Kier alpha value is -2.73. The summed E-state index contributed by atoms with van der Waals surface area (Å²) in [5.41, 5.74) is 2.94. The number of anilines is 1. The Balaban J connectivity index is 1.82. The molecule has 1 atom stereocenters. The summed E-state index contributed by atoms with van der Waals surface area (Å²) in [5, 5.41) is 2.85. The van der Waals surface area contributed by atoms with Gasteiger partial charge in [-0.05, 0) is 37.6 Å². The Morgan fingerprint density at radius 3 is 2.75 bits per heavy atom. The number of cyclic esters (lactones) is 1. The maximum Gasteiger partial charge on any atom is 0.377 e. The van der Waals surface area contributed by atoms with Gasteiger partial charge in [0.05, 0.1) is 6.26 Å². The van der Waals surface area contributed by atoms with E-state index in [9.17, 15) is 9.59 Å². The summed E-state index contributed by atoms with van der Waals surface area (Å²) in [6, 6.07) is 8.72. The van der Waals surface area contributed by atoms with Crippen LogP contribution in [0.2, 0.25) is 0 Å². The minimum Gasteiger partial charge on any atom is -0.457 e. The molecule has 1 aliphatic rings. The Labute approximate surface area is 143 Å². The number of halogens is 1. The lowest BCUT2D eigenvalue weighted by Gasteiger charge is -2.17. The second-order valence-corrected chi connectivity index (χ2v) is 5.67. The van der Waals surface area contributed by atoms with E-state index in [0.29, 0.717) is 0 Å². The molecule has 0 unspecified atom stereocenters. The molecule has 0 saturated heterocycles. The van der Waals surface area contributed by atoms with Crippen LogP contribution in [-0.4, -0.2) is 18.2 Å². The molecule has 2 heterocycles. The van der Waals surface area contributed by atoms with Crippen LogP contribution in [0.5, 0.6) is 0 Å². The topological polar surface area (TPSA) is 77.8 Å². The van der Waals surface area contributed by atoms with Gasteiger partial charge in [0, 0.05) is 5.69 Å². The summed E-state index contributed by atoms with van der Waals surface area (Å²) in [6.45, 7) is 3.88. The van der Waals surface area contributed by atoms with E-state index >= 15 is 0 Å². The molecular formula is C17H14ClNO5. The molecule has 6 nitrogen and oxygen atoms in total. The minimum atomic E-state index is -1.26. The summed E-state index contributed by atoms with van der Waals surface area (Å²) in [4.78, 5) is 23.7. The Morgan fingerprint density at radius 2 is 2.08 bits per heavy atom. The zero-order chi connectivity index (χ0) is 17.3. The number of aryl methyl sites for hydroxylation is 2. The Morgan fingerprint density at radius 1 is 1.29 bits per heavy atom. The molecule has 2 aromatic rings. The van der Waals surface area contributed by atoms with E-state index in [0.717, 1.165) is 16.8 Å². The Kier molecular flexibility index (Phi) is 4.31. The van der Waals surface area contributed by atoms with Crippen molar-refractivity contribution in [1.82, 2.24) is 0 Å². The van der Waals surface area contributed by atoms with Crippen molar-refractivity contribution in [3.8, 4) is 0 Å². The monoisotopic (exact) mass is 347 g/mol. The van der Waals surface area contributed by atoms with E-state index in [1.54, 1.807) is 6.07 Å². The minimum absolute atomic E-state index is 0.0000575. The van der Waals surface area contributed by atoms with E-state index in [1.807, 2.05) is 32.0 Å². The van der Waals surface area contributed by atoms with Gasteiger partial charge >= 0.3 is 11.9 Å². The molecule has 0 amide bonds. The van der Waals surface area contributed by atoms with Gasteiger partial charge in [-0.1, -0.05) is 29.3 Å². The molecule has 124 valence electrons. The second-order valence-electron chi connectivity index (χ2n) is 5.29. The van der Waals surface area contributed by atoms with Gasteiger partial charge in [0.25, 0.3) is 6.29 Å². The van der Waals surface area contributed by atoms with Crippen molar-refractivity contribution in [1.29, 1.82) is 0 Å². The molecule has 0 fully saturated rings. The molecule has 0 saturated carbocycles. The standard InChI is InChI=1S/C17H14ClNO5/c1-9-5-6-11(10(2)8-9)19-14-13(18)16(21)24-17(14)23-15(20)12-4-3-7-22-12/h3-8,17,19H,1-2H3/t17-/m1/s1. The van der Waals surface area contributed by atoms with Gasteiger partial charge in [-0.25, -0.2) is 9.59 Å². The smallest absolute Gasteiger partial charge is 0.377 e. The predicted octanol–water partition coefficient (Wildman–Crippen LogP) is 3.50. The number of rotatable bonds is 4. The SMILES string of the molecule is Cc1ccc(NC2=C(Cl)C(=O)O[C@H]2OC(=O)c2ccco2)c(C)c1. The number of ether oxygens (including phenoxy) is 2. The first kappa shape index (κ1) is 16.1. The number of carbonyl (C=O) groups is 2. The van der Waals surface area contributed by atoms with Crippen LogP contribution in [0.25, 0.3) is 0 Å². The predicted molar refractivity (Wildman–Crippen MR) is 86.4 cm³/mol. The van der Waals surface area contributed by atoms with Crippen LogP contribution in [0.4, 0.5) is 5.69 Å². The fourth-order valence-corrected chi connectivity index (χ4v) is 2.45. The lowest BCUT2D eigenvalue weighted by atomic mass is 10.1. The van der Waals surface area contributed by atoms with Crippen molar-refractivity contribution in [3.05, 3.63) is 64.2 Å². The highest BCUT2D eigenvalue weighted by atomic mass is 35.5. The first-order valence-electron chi connectivity index (χ1n) is 7.15. The number of carbonyl (C=O) groups excluding carboxylic acids is 2. The van der Waals surface area contributed by atoms with Gasteiger partial charge in [-0.15, -0.1) is 0 Å². The zero-order valence-corrected chi connectivity index (χ0v) is 13.7. The molecule has 7 heteroatoms. The molecule has 0 spiro atoms. The fraction of sp³-hybridized carbons (Fsp3) is 0.176. The zero-order valence-electron chi connectivity index (χ0n) is 13.0. The van der Waals surface area contributed by atoms with Crippen molar-refractivity contribution in [2.24, 2.45) is 0 Å². The number of esters is 2. The molecule has 0 aliphatic carbocycles. The highest BCUT2D eigenvalue weighted by Gasteiger charge is 2.37. The van der Waals surface area contributed by atoms with E-state index in [4.69, 9.17) is 25.5 Å². The van der Waals surface area contributed by atoms with Crippen molar-refractivity contribution >= 4 is 29.2 Å². The highest BCUT2D eigenvalue weighted by Crippen LogP contribution is 2.30. The number of benzene rings is 1. The van der Waals surface area contributed by atoms with Gasteiger partial charge < -0.3 is 19.2 Å². The lowest BCUT2D eigenvalue weighted by molar-refractivity contribution is -0.152. The number of furan rings is 1. The molecule has 1 aliphatic heterocycles. The number of hydrogen-bond acceptors (Lipinski definition) is 6. The molecule has 0 bridgehead atoms. The molecule has 1 N–H and O–H groups in total. The average Bonchev–Trinajstić information content (AvgIpc) is 3.14. The average molecular weight is 348 g/mol. The summed E-state index contributed by atoms with van der Waals surface area (Å²) < 4.78 is 15.1. The third kappa shape index (κ3) is 3.14. The fourth-order valence-electron chi connectivity index (χ4n) is 2.27. The van der Waals surface area contributed by atoms with Gasteiger partial charge in [0.2, 0.25) is 5.76 Å². The quantitative estimate of drug-likeness (QED) is 0.853. The van der Waals surface area contributed by atoms with E-state index in [-0.39, 0.29) is 16.5 Å². The largest absolute Gasteiger partial charge is 0.457 e. The number of hydrogen-bond donors (Lipinski definition) is 1. The van der Waals surface area contributed by atoms with E-state index in [1.165, 1.54) is 12.3 Å². The van der Waals surface area contributed by atoms with Gasteiger partial charge in [-0.3, -0.25) is 0 Å². The highest BCUT2D eigenvalue weighted by molar-refractivity contribution is 6.42. The summed E-state index contributed by atoms with van der Waals surface area (Å²) >= 11 is 5.99. The summed E-state index contributed by atoms with van der Waals surface area (Å²) in [5.74, 6) is -1.52. The number of nitrogens with one attached hydrogen (secondary N) is 1. The van der Waals surface area contributed by atoms with Crippen molar-refractivity contribution in [2.45, 2.75) is 20.1 Å². The van der Waals surface area contributed by atoms with Gasteiger partial charge in [-0.2, -0.15) is 0 Å². The van der Waals surface area contributed by atoms with Crippen LogP contribution < -0.4 is 5.32 Å². The first-order chi connectivity index (χ1) is 11.5. The van der Waals surface area contributed by atoms with Crippen LogP contribution >= 0.6 is 11.6 Å². The van der Waals surface area contributed by atoms with Crippen molar-refractivity contribution in [2.75, 3.05) is 5.32 Å². The Bertz CT molecular complexity index is 826. The van der Waals surface area contributed by atoms with Crippen LogP contribution in [-0.2, 0) is 14.3 Å². The van der Waals surface area contributed by atoms with Crippen molar-refractivity contribution < 1.29 is 23.5 Å². The summed E-state index contributed by atoms with van der Waals surface area (Å²) in [7, 11) is 0. The molecule has 1 aromatic carbocycles. The third-order valence-corrected chi connectivity index (χ3v) is 3.81. The molecule has 0 radical (unpaired) electrons. The molecule has 1 aromatic heterocycles. The maximum atomic E-state index is 12.0. The van der Waals surface area contributed by atoms with Crippen LogP contribution in [0, 0.1) is 13.8 Å². The lowest BCUT2D eigenvalue weighted by Crippen LogP contribution is -2.24. The molecular weight excluding hydrogens is 334 g/mol. The molecule has 24 heavy (non-hydrogen) atoms. The van der Waals surface area contributed by atoms with Crippen LogP contribution in [0.1, 0.15) is 21.7 Å². The molecule has 3 rings (SSSR count). The van der Waals surface area contributed by atoms with E-state index in [2.05, 4.69) is 5.32 Å². The second kappa shape index (κ2) is 6.41. The van der Waals surface area contributed by atoms with Gasteiger partial charge in [0.15, 0.2) is 5.03 Å². The van der Waals surface area contributed by atoms with E-state index < -0.39 is 18.2 Å². The van der Waals surface area contributed by atoms with Crippen LogP contribution in [0.15, 0.2) is 51.7 Å². The first-order valence-corrected chi connectivity index (χ1v) is 7.53. The van der Waals surface area contributed by atoms with Crippen LogP contribution in [0.3, 0.4) is 0 Å².